The molecule has 1 N–H and O–H groups in total. The van der Waals surface area contributed by atoms with E-state index < -0.39 is 0 Å². The lowest BCUT2D eigenvalue weighted by molar-refractivity contribution is 0.888. The van der Waals surface area contributed by atoms with E-state index in [1.807, 2.05) is 29.9 Å². The Morgan fingerprint density at radius 1 is 1.00 bits per heavy atom. The molecule has 0 bridgehead atoms. The Kier molecular flexibility index (Phi) is 3.21. The number of hydrogen-bond acceptors (Lipinski definition) is 3. The molecule has 0 spiro atoms. The van der Waals surface area contributed by atoms with E-state index in [0.29, 0.717) is 0 Å². The van der Waals surface area contributed by atoms with Crippen molar-refractivity contribution in [2.24, 2.45) is 0 Å². The Balaban J connectivity index is 2.07. The lowest BCUT2D eigenvalue weighted by Gasteiger charge is -2.06. The molecule has 1 aromatic carbocycles. The summed E-state index contributed by atoms with van der Waals surface area (Å²) in [6.07, 6.45) is 3.55. The Morgan fingerprint density at radius 3 is 2.35 bits per heavy atom. The topological polar surface area (TPSA) is 42.7 Å². The highest BCUT2D eigenvalue weighted by atomic mass is 15.3. The van der Waals surface area contributed by atoms with Crippen LogP contribution in [0.15, 0.2) is 54.9 Å². The summed E-state index contributed by atoms with van der Waals surface area (Å²) in [5, 5.41) is 7.86. The third-order valence-corrected chi connectivity index (χ3v) is 3.22. The molecule has 0 aliphatic rings. The molecule has 0 fully saturated rings. The van der Waals surface area contributed by atoms with E-state index in [0.717, 1.165) is 22.8 Å². The van der Waals surface area contributed by atoms with Crippen molar-refractivity contribution in [3.63, 3.8) is 0 Å². The van der Waals surface area contributed by atoms with Gasteiger partial charge in [0.25, 0.3) is 0 Å². The molecule has 3 aromatic rings. The molecule has 0 saturated heterocycles. The minimum Gasteiger partial charge on any atom is -0.373 e. The average Bonchev–Trinajstić information content (AvgIpc) is 2.93. The molecule has 4 nitrogen and oxygen atoms in total. The van der Waals surface area contributed by atoms with E-state index in [2.05, 4.69) is 46.6 Å². The number of aromatic nitrogens is 3. The molecule has 0 radical (unpaired) electrons. The minimum atomic E-state index is 0.928. The van der Waals surface area contributed by atoms with Gasteiger partial charge in [0.2, 0.25) is 0 Å². The van der Waals surface area contributed by atoms with Gasteiger partial charge in [-0.05, 0) is 31.2 Å². The lowest BCUT2D eigenvalue weighted by atomic mass is 10.2. The third kappa shape index (κ3) is 2.28. The number of aryl methyl sites for hydroxylation is 1. The van der Waals surface area contributed by atoms with Crippen molar-refractivity contribution in [2.75, 3.05) is 12.4 Å². The maximum absolute atomic E-state index is 4.68. The van der Waals surface area contributed by atoms with Gasteiger partial charge in [-0.15, -0.1) is 0 Å². The number of anilines is 1. The van der Waals surface area contributed by atoms with Gasteiger partial charge < -0.3 is 5.32 Å². The summed E-state index contributed by atoms with van der Waals surface area (Å²) in [7, 11) is 1.90. The van der Waals surface area contributed by atoms with Crippen molar-refractivity contribution in [1.82, 2.24) is 14.8 Å². The van der Waals surface area contributed by atoms with E-state index >= 15 is 0 Å². The van der Waals surface area contributed by atoms with E-state index in [1.165, 1.54) is 5.56 Å². The molecule has 0 aliphatic carbocycles. The molecule has 0 saturated carbocycles. The quantitative estimate of drug-likeness (QED) is 0.789. The van der Waals surface area contributed by atoms with Crippen LogP contribution in [0.1, 0.15) is 5.56 Å². The van der Waals surface area contributed by atoms with Crippen molar-refractivity contribution in [3.8, 4) is 16.9 Å². The van der Waals surface area contributed by atoms with Crippen molar-refractivity contribution >= 4 is 5.82 Å². The summed E-state index contributed by atoms with van der Waals surface area (Å²) in [5.74, 6) is 0.959. The van der Waals surface area contributed by atoms with Crippen molar-refractivity contribution in [1.29, 1.82) is 0 Å². The Morgan fingerprint density at radius 2 is 1.70 bits per heavy atom. The largest absolute Gasteiger partial charge is 0.373 e. The standard InChI is InChI=1S/C16H16N4/c1-12-3-5-14(6-4-12)20-16(17-2)11-15(19-20)13-7-9-18-10-8-13/h3-11,17H,1-2H3. The fourth-order valence-electron chi connectivity index (χ4n) is 2.11. The number of pyridine rings is 1. The van der Waals surface area contributed by atoms with Gasteiger partial charge in [-0.2, -0.15) is 5.10 Å². The first-order valence-corrected chi connectivity index (χ1v) is 6.53. The number of hydrogen-bond donors (Lipinski definition) is 1. The molecule has 0 aliphatic heterocycles. The van der Waals surface area contributed by atoms with Gasteiger partial charge in [-0.1, -0.05) is 17.7 Å². The van der Waals surface area contributed by atoms with Gasteiger partial charge in [0, 0.05) is 31.1 Å². The van der Waals surface area contributed by atoms with Crippen LogP contribution in [0.4, 0.5) is 5.82 Å². The molecule has 0 atom stereocenters. The van der Waals surface area contributed by atoms with E-state index in [4.69, 9.17) is 0 Å². The Bertz CT molecular complexity index is 699. The van der Waals surface area contributed by atoms with Crippen LogP contribution >= 0.6 is 0 Å². The molecular weight excluding hydrogens is 248 g/mol. The fraction of sp³-hybridized carbons (Fsp3) is 0.125. The van der Waals surface area contributed by atoms with E-state index in [-0.39, 0.29) is 0 Å². The van der Waals surface area contributed by atoms with Crippen LogP contribution in [0, 0.1) is 6.92 Å². The first-order valence-electron chi connectivity index (χ1n) is 6.53. The summed E-state index contributed by atoms with van der Waals surface area (Å²) in [4.78, 5) is 4.04. The first kappa shape index (κ1) is 12.4. The van der Waals surface area contributed by atoms with E-state index in [1.54, 1.807) is 12.4 Å². The van der Waals surface area contributed by atoms with Gasteiger partial charge in [-0.25, -0.2) is 4.68 Å². The monoisotopic (exact) mass is 264 g/mol. The second kappa shape index (κ2) is 5.17. The average molecular weight is 264 g/mol. The van der Waals surface area contributed by atoms with Crippen LogP contribution in [0.3, 0.4) is 0 Å². The Hall–Kier alpha value is -2.62. The smallest absolute Gasteiger partial charge is 0.130 e. The van der Waals surface area contributed by atoms with Crippen LogP contribution in [0.25, 0.3) is 16.9 Å². The van der Waals surface area contributed by atoms with Gasteiger partial charge in [0.15, 0.2) is 0 Å². The normalized spacial score (nSPS) is 10.5. The Labute approximate surface area is 118 Å². The highest BCUT2D eigenvalue weighted by molar-refractivity contribution is 5.64. The fourth-order valence-corrected chi connectivity index (χ4v) is 2.11. The van der Waals surface area contributed by atoms with Crippen LogP contribution in [0.5, 0.6) is 0 Å². The zero-order valence-corrected chi connectivity index (χ0v) is 11.5. The number of benzene rings is 1. The molecule has 2 heterocycles. The van der Waals surface area contributed by atoms with Crippen molar-refractivity contribution < 1.29 is 0 Å². The molecule has 4 heteroatoms. The van der Waals surface area contributed by atoms with Crippen LogP contribution in [-0.4, -0.2) is 21.8 Å². The molecule has 100 valence electrons. The zero-order chi connectivity index (χ0) is 13.9. The maximum atomic E-state index is 4.68. The molecule has 20 heavy (non-hydrogen) atoms. The summed E-state index contributed by atoms with van der Waals surface area (Å²) in [5.41, 5.74) is 4.27. The van der Waals surface area contributed by atoms with Crippen molar-refractivity contribution in [2.45, 2.75) is 6.92 Å². The van der Waals surface area contributed by atoms with Crippen LogP contribution in [0.2, 0.25) is 0 Å². The molecule has 0 unspecified atom stereocenters. The summed E-state index contributed by atoms with van der Waals surface area (Å²) in [6.45, 7) is 2.08. The predicted octanol–water partition coefficient (Wildman–Crippen LogP) is 3.28. The number of nitrogens with zero attached hydrogens (tertiary/aromatic N) is 3. The van der Waals surface area contributed by atoms with E-state index in [9.17, 15) is 0 Å². The van der Waals surface area contributed by atoms with Gasteiger partial charge in [0.1, 0.15) is 5.82 Å². The highest BCUT2D eigenvalue weighted by Gasteiger charge is 2.09. The second-order valence-electron chi connectivity index (χ2n) is 4.65. The van der Waals surface area contributed by atoms with Crippen LogP contribution < -0.4 is 5.32 Å². The van der Waals surface area contributed by atoms with Crippen molar-refractivity contribution in [3.05, 3.63) is 60.4 Å². The SMILES string of the molecule is CNc1cc(-c2ccncc2)nn1-c1ccc(C)cc1. The zero-order valence-electron chi connectivity index (χ0n) is 11.5. The maximum Gasteiger partial charge on any atom is 0.130 e. The predicted molar refractivity (Wildman–Crippen MR) is 81.1 cm³/mol. The summed E-state index contributed by atoms with van der Waals surface area (Å²) >= 11 is 0. The number of nitrogens with one attached hydrogen (secondary N) is 1. The summed E-state index contributed by atoms with van der Waals surface area (Å²) in [6, 6.07) is 14.3. The van der Waals surface area contributed by atoms with Gasteiger partial charge in [0.05, 0.1) is 11.4 Å². The van der Waals surface area contributed by atoms with Gasteiger partial charge >= 0.3 is 0 Å². The van der Waals surface area contributed by atoms with Gasteiger partial charge in [-0.3, -0.25) is 4.98 Å². The summed E-state index contributed by atoms with van der Waals surface area (Å²) < 4.78 is 1.91. The first-order chi connectivity index (χ1) is 9.78. The lowest BCUT2D eigenvalue weighted by Crippen LogP contribution is -2.02. The minimum absolute atomic E-state index is 0.928. The molecular formula is C16H16N4. The number of rotatable bonds is 3. The molecule has 2 aromatic heterocycles. The molecule has 0 amide bonds. The highest BCUT2D eigenvalue weighted by Crippen LogP contribution is 2.24. The van der Waals surface area contributed by atoms with Crippen LogP contribution in [-0.2, 0) is 0 Å². The second-order valence-corrected chi connectivity index (χ2v) is 4.65. The molecule has 3 rings (SSSR count). The third-order valence-electron chi connectivity index (χ3n) is 3.22.